The molecule has 1 spiro atoms. The predicted octanol–water partition coefficient (Wildman–Crippen LogP) is 3.41. The molecule has 1 aliphatic carbocycles. The number of fused-ring (bicyclic) bond motifs is 2. The molecular weight excluding hydrogens is 298 g/mol. The number of nitrogens with two attached hydrogens (primary N) is 1. The summed E-state index contributed by atoms with van der Waals surface area (Å²) < 4.78 is 5.65. The van der Waals surface area contributed by atoms with Crippen LogP contribution in [0.4, 0.5) is 0 Å². The minimum absolute atomic E-state index is 0.0146. The van der Waals surface area contributed by atoms with Crippen LogP contribution in [0.3, 0.4) is 0 Å². The number of nitrogens with one attached hydrogen (secondary N) is 1. The summed E-state index contributed by atoms with van der Waals surface area (Å²) in [6.07, 6.45) is 3.89. The van der Waals surface area contributed by atoms with Crippen LogP contribution in [-0.2, 0) is 17.6 Å². The van der Waals surface area contributed by atoms with Crippen molar-refractivity contribution >= 4 is 16.9 Å². The van der Waals surface area contributed by atoms with Gasteiger partial charge in [-0.1, -0.05) is 36.4 Å². The van der Waals surface area contributed by atoms with Gasteiger partial charge in [0.05, 0.1) is 0 Å². The maximum absolute atomic E-state index is 5.84. The van der Waals surface area contributed by atoms with Crippen LogP contribution in [0.5, 0.6) is 0 Å². The van der Waals surface area contributed by atoms with Crippen molar-refractivity contribution in [2.24, 2.45) is 10.7 Å². The number of hydrogen-bond donors (Lipinski definition) is 2. The monoisotopic (exact) mass is 317 g/mol. The van der Waals surface area contributed by atoms with Crippen LogP contribution in [0, 0.1) is 0 Å². The molecule has 2 aliphatic rings. The molecule has 1 aliphatic heterocycles. The molecule has 0 saturated heterocycles. The standard InChI is InChI=1S/C20H19N3O/c1-12-20(23-19(21)24-12)9-13-5-4-7-14(16(13)10-20)17-11-22-18-8-3-2-6-15(17)18/h2-8,11-12,22H,9-10H2,1H3,(H2,21,23)/t12-,20-/m1/s1. The van der Waals surface area contributed by atoms with E-state index in [0.29, 0.717) is 6.02 Å². The average molecular weight is 317 g/mol. The van der Waals surface area contributed by atoms with Crippen LogP contribution in [0.2, 0.25) is 0 Å². The normalized spacial score (nSPS) is 25.0. The van der Waals surface area contributed by atoms with Gasteiger partial charge in [0.25, 0.3) is 6.02 Å². The number of amidine groups is 1. The van der Waals surface area contributed by atoms with Crippen molar-refractivity contribution in [1.29, 1.82) is 0 Å². The van der Waals surface area contributed by atoms with Crippen molar-refractivity contribution in [2.75, 3.05) is 0 Å². The number of aromatic nitrogens is 1. The minimum atomic E-state index is -0.241. The lowest BCUT2D eigenvalue weighted by atomic mass is 9.90. The topological polar surface area (TPSA) is 63.4 Å². The Morgan fingerprint density at radius 3 is 2.83 bits per heavy atom. The van der Waals surface area contributed by atoms with Crippen LogP contribution >= 0.6 is 0 Å². The molecule has 0 bridgehead atoms. The molecule has 0 saturated carbocycles. The van der Waals surface area contributed by atoms with Crippen molar-refractivity contribution in [3.05, 3.63) is 59.8 Å². The molecule has 3 N–H and O–H groups in total. The number of para-hydroxylation sites is 1. The lowest BCUT2D eigenvalue weighted by Crippen LogP contribution is -2.36. The number of benzene rings is 2. The summed E-state index contributed by atoms with van der Waals surface area (Å²) in [6, 6.07) is 15.3. The number of aromatic amines is 1. The van der Waals surface area contributed by atoms with E-state index < -0.39 is 0 Å². The number of H-pyrrole nitrogens is 1. The van der Waals surface area contributed by atoms with Crippen molar-refractivity contribution in [2.45, 2.75) is 31.4 Å². The van der Waals surface area contributed by atoms with Gasteiger partial charge in [0.2, 0.25) is 0 Å². The van der Waals surface area contributed by atoms with Crippen LogP contribution in [0.1, 0.15) is 18.1 Å². The first-order chi connectivity index (χ1) is 11.7. The van der Waals surface area contributed by atoms with E-state index in [-0.39, 0.29) is 11.6 Å². The predicted molar refractivity (Wildman–Crippen MR) is 96.0 cm³/mol. The highest BCUT2D eigenvalue weighted by atomic mass is 16.5. The SMILES string of the molecule is C[C@H]1OC(N)=N[C@@]12Cc1cccc(-c3c[nH]c4ccccc34)c1C2. The minimum Gasteiger partial charge on any atom is -0.460 e. The second kappa shape index (κ2) is 4.63. The number of hydrogen-bond acceptors (Lipinski definition) is 3. The number of rotatable bonds is 1. The van der Waals surface area contributed by atoms with Gasteiger partial charge in [-0.05, 0) is 29.7 Å². The highest BCUT2D eigenvalue weighted by Gasteiger charge is 2.48. The number of aliphatic imine (C=N–C) groups is 1. The average Bonchev–Trinajstić information content (AvgIpc) is 3.22. The first-order valence-corrected chi connectivity index (χ1v) is 8.35. The molecule has 2 heterocycles. The van der Waals surface area contributed by atoms with E-state index in [2.05, 4.69) is 65.6 Å². The molecule has 5 rings (SSSR count). The van der Waals surface area contributed by atoms with E-state index in [1.165, 1.54) is 27.6 Å². The lowest BCUT2D eigenvalue weighted by molar-refractivity contribution is 0.157. The van der Waals surface area contributed by atoms with Gasteiger partial charge in [-0.25, -0.2) is 4.99 Å². The third kappa shape index (κ3) is 1.77. The van der Waals surface area contributed by atoms with Gasteiger partial charge in [0.15, 0.2) is 0 Å². The fourth-order valence-corrected chi connectivity index (χ4v) is 4.25. The summed E-state index contributed by atoms with van der Waals surface area (Å²) in [4.78, 5) is 8.05. The summed E-state index contributed by atoms with van der Waals surface area (Å²) >= 11 is 0. The first kappa shape index (κ1) is 13.7. The molecule has 0 amide bonds. The molecule has 3 aromatic rings. The van der Waals surface area contributed by atoms with E-state index >= 15 is 0 Å². The molecule has 24 heavy (non-hydrogen) atoms. The molecule has 0 fully saturated rings. The van der Waals surface area contributed by atoms with Gasteiger partial charge in [-0.15, -0.1) is 0 Å². The zero-order valence-corrected chi connectivity index (χ0v) is 13.5. The summed E-state index contributed by atoms with van der Waals surface area (Å²) in [5.41, 5.74) is 12.0. The largest absolute Gasteiger partial charge is 0.460 e. The smallest absolute Gasteiger partial charge is 0.282 e. The third-order valence-corrected chi connectivity index (χ3v) is 5.52. The van der Waals surface area contributed by atoms with Crippen molar-refractivity contribution < 1.29 is 4.74 Å². The Morgan fingerprint density at radius 1 is 1.12 bits per heavy atom. The summed E-state index contributed by atoms with van der Waals surface area (Å²) in [7, 11) is 0. The maximum Gasteiger partial charge on any atom is 0.282 e. The van der Waals surface area contributed by atoms with E-state index in [1.807, 2.05) is 0 Å². The summed E-state index contributed by atoms with van der Waals surface area (Å²) in [5.74, 6) is 0. The van der Waals surface area contributed by atoms with Gasteiger partial charge in [0, 0.05) is 35.5 Å². The number of nitrogens with zero attached hydrogens (tertiary/aromatic N) is 1. The van der Waals surface area contributed by atoms with Gasteiger partial charge >= 0.3 is 0 Å². The zero-order chi connectivity index (χ0) is 16.3. The molecule has 0 unspecified atom stereocenters. The Balaban J connectivity index is 1.67. The highest BCUT2D eigenvalue weighted by molar-refractivity contribution is 5.96. The van der Waals surface area contributed by atoms with Gasteiger partial charge < -0.3 is 15.5 Å². The van der Waals surface area contributed by atoms with E-state index in [4.69, 9.17) is 10.5 Å². The Morgan fingerprint density at radius 2 is 2.00 bits per heavy atom. The quantitative estimate of drug-likeness (QED) is 0.722. The van der Waals surface area contributed by atoms with Crippen LogP contribution in [0.25, 0.3) is 22.0 Å². The number of ether oxygens (including phenoxy) is 1. The van der Waals surface area contributed by atoms with Crippen LogP contribution in [0.15, 0.2) is 53.7 Å². The van der Waals surface area contributed by atoms with E-state index in [9.17, 15) is 0 Å². The second-order valence-corrected chi connectivity index (χ2v) is 6.86. The van der Waals surface area contributed by atoms with Crippen LogP contribution in [-0.4, -0.2) is 22.6 Å². The van der Waals surface area contributed by atoms with Crippen molar-refractivity contribution in [1.82, 2.24) is 4.98 Å². The van der Waals surface area contributed by atoms with E-state index in [0.717, 1.165) is 18.4 Å². The molecule has 4 nitrogen and oxygen atoms in total. The van der Waals surface area contributed by atoms with Crippen molar-refractivity contribution in [3.63, 3.8) is 0 Å². The summed E-state index contributed by atoms with van der Waals surface area (Å²) in [5, 5.41) is 1.26. The Kier molecular flexibility index (Phi) is 2.64. The molecular formula is C20H19N3O. The molecule has 2 atom stereocenters. The Labute approximate surface area is 140 Å². The first-order valence-electron chi connectivity index (χ1n) is 8.35. The highest BCUT2D eigenvalue weighted by Crippen LogP contribution is 2.44. The molecule has 4 heteroatoms. The zero-order valence-electron chi connectivity index (χ0n) is 13.5. The Hall–Kier alpha value is -2.75. The van der Waals surface area contributed by atoms with E-state index in [1.54, 1.807) is 0 Å². The van der Waals surface area contributed by atoms with Gasteiger partial charge in [-0.2, -0.15) is 0 Å². The van der Waals surface area contributed by atoms with Gasteiger partial charge in [0.1, 0.15) is 11.6 Å². The Bertz CT molecular complexity index is 987. The summed E-state index contributed by atoms with van der Waals surface area (Å²) in [6.45, 7) is 2.07. The molecule has 120 valence electrons. The third-order valence-electron chi connectivity index (χ3n) is 5.52. The van der Waals surface area contributed by atoms with Crippen molar-refractivity contribution in [3.8, 4) is 11.1 Å². The lowest BCUT2D eigenvalue weighted by Gasteiger charge is -2.23. The second-order valence-electron chi connectivity index (χ2n) is 6.86. The van der Waals surface area contributed by atoms with Gasteiger partial charge in [-0.3, -0.25) is 0 Å². The fourth-order valence-electron chi connectivity index (χ4n) is 4.25. The molecule has 2 aromatic carbocycles. The maximum atomic E-state index is 5.84. The fraction of sp³-hybridized carbons (Fsp3) is 0.250. The molecule has 0 radical (unpaired) electrons. The molecule has 1 aromatic heterocycles. The van der Waals surface area contributed by atoms with Crippen LogP contribution < -0.4 is 5.73 Å².